The zero-order valence-electron chi connectivity index (χ0n) is 18.6. The fourth-order valence-electron chi connectivity index (χ4n) is 7.54. The Kier molecular flexibility index (Phi) is 5.70. The van der Waals surface area contributed by atoms with Crippen molar-refractivity contribution in [2.45, 2.75) is 39.0 Å². The smallest absolute Gasteiger partial charge is 0.331 e. The van der Waals surface area contributed by atoms with E-state index in [1.54, 1.807) is 0 Å². The van der Waals surface area contributed by atoms with Gasteiger partial charge in [-0.15, -0.1) is 0 Å². The molecule has 0 unspecified atom stereocenters. The summed E-state index contributed by atoms with van der Waals surface area (Å²) in [5.41, 5.74) is 8.34. The summed E-state index contributed by atoms with van der Waals surface area (Å²) in [6, 6.07) is 0. The van der Waals surface area contributed by atoms with Gasteiger partial charge in [0.15, 0.2) is 5.96 Å². The summed E-state index contributed by atoms with van der Waals surface area (Å²) < 4.78 is 0. The molecule has 0 radical (unpaired) electrons. The Bertz CT molecular complexity index is 790. The first kappa shape index (κ1) is 21.4. The molecule has 0 saturated heterocycles. The molecule has 0 aromatic rings. The highest BCUT2D eigenvalue weighted by Gasteiger charge is 2.71. The molecular formula is C23H37N5O2. The van der Waals surface area contributed by atoms with Crippen LogP contribution in [0.3, 0.4) is 0 Å². The number of nitrogens with one attached hydrogen (secondary N) is 2. The van der Waals surface area contributed by atoms with Gasteiger partial charge in [0.05, 0.1) is 6.54 Å². The van der Waals surface area contributed by atoms with Crippen molar-refractivity contribution in [2.75, 3.05) is 40.3 Å². The van der Waals surface area contributed by atoms with Gasteiger partial charge in [-0.3, -0.25) is 4.99 Å². The molecule has 30 heavy (non-hydrogen) atoms. The third kappa shape index (κ3) is 2.85. The van der Waals surface area contributed by atoms with Crippen LogP contribution in [0.25, 0.3) is 0 Å². The number of carboxylic acids is 1. The Morgan fingerprint density at radius 3 is 2.87 bits per heavy atom. The summed E-state index contributed by atoms with van der Waals surface area (Å²) in [6.07, 6.45) is 9.37. The van der Waals surface area contributed by atoms with Crippen LogP contribution < -0.4 is 16.4 Å². The molecular weight excluding hydrogens is 378 g/mol. The first-order valence-electron chi connectivity index (χ1n) is 11.4. The number of nitrogens with zero attached hydrogens (tertiary/aromatic N) is 2. The molecule has 0 amide bonds. The van der Waals surface area contributed by atoms with E-state index in [2.05, 4.69) is 39.7 Å². The first-order valence-corrected chi connectivity index (χ1v) is 11.4. The second-order valence-corrected chi connectivity index (χ2v) is 9.63. The van der Waals surface area contributed by atoms with Gasteiger partial charge in [0.2, 0.25) is 0 Å². The van der Waals surface area contributed by atoms with E-state index in [9.17, 15) is 9.90 Å². The van der Waals surface area contributed by atoms with Gasteiger partial charge in [-0.1, -0.05) is 18.6 Å². The van der Waals surface area contributed by atoms with Gasteiger partial charge in [-0.25, -0.2) is 4.79 Å². The van der Waals surface area contributed by atoms with Crippen LogP contribution in [0.1, 0.15) is 39.0 Å². The van der Waals surface area contributed by atoms with Crippen LogP contribution in [-0.4, -0.2) is 62.2 Å². The maximum atomic E-state index is 12.1. The summed E-state index contributed by atoms with van der Waals surface area (Å²) in [5, 5.41) is 16.5. The molecule has 7 heteroatoms. The number of aliphatic imine (C=N–C) groups is 1. The summed E-state index contributed by atoms with van der Waals surface area (Å²) in [5.74, 6) is 1.20. The quantitative estimate of drug-likeness (QED) is 0.300. The van der Waals surface area contributed by atoms with Crippen LogP contribution in [0.15, 0.2) is 28.4 Å². The van der Waals surface area contributed by atoms with E-state index in [0.717, 1.165) is 38.9 Å². The highest BCUT2D eigenvalue weighted by atomic mass is 16.4. The average Bonchev–Trinajstić information content (AvgIpc) is 3.17. The molecule has 2 spiro atoms. The topological polar surface area (TPSA) is 103 Å². The maximum Gasteiger partial charge on any atom is 0.331 e. The second-order valence-electron chi connectivity index (χ2n) is 9.63. The van der Waals surface area contributed by atoms with Crippen molar-refractivity contribution < 1.29 is 9.90 Å². The van der Waals surface area contributed by atoms with Gasteiger partial charge >= 0.3 is 5.97 Å². The summed E-state index contributed by atoms with van der Waals surface area (Å²) in [4.78, 5) is 18.8. The molecule has 166 valence electrons. The second kappa shape index (κ2) is 8.00. The lowest BCUT2D eigenvalue weighted by Gasteiger charge is -2.60. The lowest BCUT2D eigenvalue weighted by molar-refractivity contribution is -0.132. The van der Waals surface area contributed by atoms with Crippen LogP contribution >= 0.6 is 0 Å². The Labute approximate surface area is 179 Å². The molecule has 1 aliphatic heterocycles. The number of carbonyl (C=O) groups is 1. The molecule has 5 atom stereocenters. The van der Waals surface area contributed by atoms with E-state index < -0.39 is 5.97 Å². The van der Waals surface area contributed by atoms with Crippen molar-refractivity contribution in [2.24, 2.45) is 39.3 Å². The highest BCUT2D eigenvalue weighted by molar-refractivity contribution is 5.89. The maximum absolute atomic E-state index is 12.1. The molecule has 4 rings (SSSR count). The van der Waals surface area contributed by atoms with Gasteiger partial charge in [-0.2, -0.15) is 0 Å². The van der Waals surface area contributed by atoms with Gasteiger partial charge in [0.1, 0.15) is 0 Å². The molecule has 4 aliphatic rings. The molecule has 1 heterocycles. The number of nitrogens with two attached hydrogens (primary N) is 1. The SMILES string of the molecule is CNCCN=C(N)N1C=C[C@H](CNC)[C@@]2(C1)[C@@H]1CC[C@@H](C)[C@]23CCC(C(=O)O)=C3C1. The molecule has 2 fully saturated rings. The number of hydrogen-bond donors (Lipinski definition) is 4. The molecule has 2 bridgehead atoms. The number of rotatable bonds is 6. The van der Waals surface area contributed by atoms with Crippen LogP contribution in [-0.2, 0) is 4.79 Å². The largest absolute Gasteiger partial charge is 0.478 e. The van der Waals surface area contributed by atoms with Gasteiger partial charge < -0.3 is 26.4 Å². The van der Waals surface area contributed by atoms with Crippen molar-refractivity contribution in [1.29, 1.82) is 0 Å². The van der Waals surface area contributed by atoms with Crippen LogP contribution in [0.2, 0.25) is 0 Å². The lowest BCUT2D eigenvalue weighted by atomic mass is 9.46. The van der Waals surface area contributed by atoms with E-state index in [0.29, 0.717) is 42.3 Å². The van der Waals surface area contributed by atoms with Crippen LogP contribution in [0.5, 0.6) is 0 Å². The Morgan fingerprint density at radius 2 is 2.17 bits per heavy atom. The third-order valence-corrected chi connectivity index (χ3v) is 8.68. The summed E-state index contributed by atoms with van der Waals surface area (Å²) in [7, 11) is 3.93. The molecule has 3 aliphatic carbocycles. The Balaban J connectivity index is 1.80. The third-order valence-electron chi connectivity index (χ3n) is 8.68. The number of allylic oxidation sites excluding steroid dienone is 1. The standard InChI is InChI=1S/C23H37N5O2/c1-15-4-5-16-12-19-18(20(29)30)6-8-22(15,19)23(16)14-28(11-7-17(23)13-26-3)21(24)27-10-9-25-2/h7,11,15-17,25-26H,4-6,8-10,12-14H2,1-3H3,(H2,24,27)(H,29,30)/t15-,16-,17-,22+,23-/m1/s1. The van der Waals surface area contributed by atoms with Crippen molar-refractivity contribution >= 4 is 11.9 Å². The minimum Gasteiger partial charge on any atom is -0.478 e. The Hall–Kier alpha value is -1.86. The zero-order valence-corrected chi connectivity index (χ0v) is 18.6. The van der Waals surface area contributed by atoms with Gasteiger partial charge in [0.25, 0.3) is 0 Å². The highest BCUT2D eigenvalue weighted by Crippen LogP contribution is 2.75. The van der Waals surface area contributed by atoms with E-state index in [-0.39, 0.29) is 10.8 Å². The molecule has 7 nitrogen and oxygen atoms in total. The van der Waals surface area contributed by atoms with Crippen LogP contribution in [0.4, 0.5) is 0 Å². The number of hydrogen-bond acceptors (Lipinski definition) is 4. The monoisotopic (exact) mass is 415 g/mol. The van der Waals surface area contributed by atoms with E-state index in [1.165, 1.54) is 12.0 Å². The van der Waals surface area contributed by atoms with Crippen molar-refractivity contribution in [3.63, 3.8) is 0 Å². The number of guanidine groups is 1. The minimum atomic E-state index is -0.710. The van der Waals surface area contributed by atoms with Crippen molar-refractivity contribution in [3.8, 4) is 0 Å². The number of carboxylic acid groups (broad SMARTS) is 1. The molecule has 0 aromatic heterocycles. The predicted octanol–water partition coefficient (Wildman–Crippen LogP) is 1.78. The Morgan fingerprint density at radius 1 is 1.37 bits per heavy atom. The predicted molar refractivity (Wildman–Crippen MR) is 119 cm³/mol. The number of likely N-dealkylation sites (N-methyl/N-ethyl adjacent to an activating group) is 1. The number of aliphatic carboxylic acids is 1. The van der Waals surface area contributed by atoms with Crippen molar-refractivity contribution in [1.82, 2.24) is 15.5 Å². The minimum absolute atomic E-state index is 0.00188. The zero-order chi connectivity index (χ0) is 21.5. The van der Waals surface area contributed by atoms with E-state index in [1.807, 2.05) is 14.1 Å². The summed E-state index contributed by atoms with van der Waals surface area (Å²) >= 11 is 0. The first-order chi connectivity index (χ1) is 14.4. The fraction of sp³-hybridized carbons (Fsp3) is 0.739. The fourth-order valence-corrected chi connectivity index (χ4v) is 7.54. The molecule has 2 saturated carbocycles. The molecule has 0 aromatic carbocycles. The molecule has 5 N–H and O–H groups in total. The van der Waals surface area contributed by atoms with E-state index >= 15 is 0 Å². The average molecular weight is 416 g/mol. The van der Waals surface area contributed by atoms with Gasteiger partial charge in [-0.05, 0) is 64.0 Å². The van der Waals surface area contributed by atoms with E-state index in [4.69, 9.17) is 5.73 Å². The van der Waals surface area contributed by atoms with Crippen molar-refractivity contribution in [3.05, 3.63) is 23.4 Å². The van der Waals surface area contributed by atoms with Crippen LogP contribution in [0, 0.1) is 28.6 Å². The normalized spacial score (nSPS) is 37.9. The van der Waals surface area contributed by atoms with Gasteiger partial charge in [0, 0.05) is 42.2 Å². The summed E-state index contributed by atoms with van der Waals surface area (Å²) in [6.45, 7) is 5.54. The lowest BCUT2D eigenvalue weighted by Crippen LogP contribution is -2.61.